The lowest BCUT2D eigenvalue weighted by Crippen LogP contribution is -2.32. The van der Waals surface area contributed by atoms with Crippen LogP contribution in [-0.2, 0) is 17.6 Å². The molecule has 1 atom stereocenters. The number of para-hydroxylation sites is 1. The smallest absolute Gasteiger partial charge is 0.282 e. The lowest BCUT2D eigenvalue weighted by Gasteiger charge is -2.12. The fourth-order valence-electron chi connectivity index (χ4n) is 3.83. The van der Waals surface area contributed by atoms with Crippen molar-refractivity contribution in [1.82, 2.24) is 5.32 Å². The molecule has 2 heterocycles. The van der Waals surface area contributed by atoms with Crippen LogP contribution in [0.1, 0.15) is 50.4 Å². The second-order valence-corrected chi connectivity index (χ2v) is 8.24. The van der Waals surface area contributed by atoms with E-state index in [0.29, 0.717) is 23.7 Å². The molecular formula is C20H21N3O5S. The van der Waals surface area contributed by atoms with Gasteiger partial charge in [-0.05, 0) is 43.7 Å². The van der Waals surface area contributed by atoms with Gasteiger partial charge >= 0.3 is 0 Å². The number of carbonyl (C=O) groups excluding carboxylic acids is 2. The molecule has 0 radical (unpaired) electrons. The maximum Gasteiger partial charge on any atom is 0.282 e. The van der Waals surface area contributed by atoms with Crippen LogP contribution in [0.5, 0.6) is 0 Å². The zero-order chi connectivity index (χ0) is 20.4. The molecule has 2 N–H and O–H groups in total. The molecule has 4 rings (SSSR count). The van der Waals surface area contributed by atoms with Gasteiger partial charge in [0.2, 0.25) is 0 Å². The number of thiophene rings is 1. The Labute approximate surface area is 171 Å². The molecule has 2 aromatic rings. The number of nitro groups is 1. The summed E-state index contributed by atoms with van der Waals surface area (Å²) >= 11 is 1.38. The summed E-state index contributed by atoms with van der Waals surface area (Å²) in [5.41, 5.74) is 1.15. The number of carbonyl (C=O) groups is 2. The summed E-state index contributed by atoms with van der Waals surface area (Å²) in [6.45, 7) is 1.15. The van der Waals surface area contributed by atoms with Gasteiger partial charge in [-0.1, -0.05) is 12.1 Å². The van der Waals surface area contributed by atoms with E-state index in [-0.39, 0.29) is 23.3 Å². The molecule has 29 heavy (non-hydrogen) atoms. The van der Waals surface area contributed by atoms with Gasteiger partial charge in [-0.25, -0.2) is 0 Å². The Balaban J connectivity index is 1.57. The molecule has 2 aliphatic rings. The predicted molar refractivity (Wildman–Crippen MR) is 109 cm³/mol. The van der Waals surface area contributed by atoms with Crippen LogP contribution in [0.25, 0.3) is 0 Å². The summed E-state index contributed by atoms with van der Waals surface area (Å²) in [6, 6.07) is 5.79. The number of hydrogen-bond acceptors (Lipinski definition) is 6. The van der Waals surface area contributed by atoms with E-state index in [1.54, 1.807) is 6.07 Å². The Morgan fingerprint density at radius 1 is 1.21 bits per heavy atom. The molecule has 1 unspecified atom stereocenters. The van der Waals surface area contributed by atoms with E-state index >= 15 is 0 Å². The average molecular weight is 415 g/mol. The second kappa shape index (κ2) is 8.30. The minimum Gasteiger partial charge on any atom is -0.376 e. The molecule has 0 spiro atoms. The van der Waals surface area contributed by atoms with Crippen molar-refractivity contribution in [3.8, 4) is 0 Å². The monoisotopic (exact) mass is 415 g/mol. The summed E-state index contributed by atoms with van der Waals surface area (Å²) in [7, 11) is 0. The Morgan fingerprint density at radius 3 is 2.79 bits per heavy atom. The zero-order valence-corrected chi connectivity index (χ0v) is 16.5. The van der Waals surface area contributed by atoms with Gasteiger partial charge in [-0.15, -0.1) is 11.3 Å². The van der Waals surface area contributed by atoms with E-state index in [1.165, 1.54) is 29.5 Å². The van der Waals surface area contributed by atoms with E-state index in [4.69, 9.17) is 4.74 Å². The molecule has 1 aliphatic heterocycles. The summed E-state index contributed by atoms with van der Waals surface area (Å²) in [5.74, 6) is -0.830. The van der Waals surface area contributed by atoms with E-state index in [2.05, 4.69) is 10.6 Å². The van der Waals surface area contributed by atoms with Crippen molar-refractivity contribution in [2.45, 2.75) is 38.2 Å². The van der Waals surface area contributed by atoms with Crippen LogP contribution in [0.3, 0.4) is 0 Å². The fraction of sp³-hybridized carbons (Fsp3) is 0.400. The number of rotatable bonds is 6. The van der Waals surface area contributed by atoms with Gasteiger partial charge in [-0.2, -0.15) is 0 Å². The van der Waals surface area contributed by atoms with Crippen LogP contribution in [0.4, 0.5) is 10.7 Å². The molecule has 0 bridgehead atoms. The number of nitrogens with one attached hydrogen (secondary N) is 2. The Morgan fingerprint density at radius 2 is 2.03 bits per heavy atom. The van der Waals surface area contributed by atoms with Crippen LogP contribution >= 0.6 is 11.3 Å². The van der Waals surface area contributed by atoms with Gasteiger partial charge in [0.05, 0.1) is 16.6 Å². The molecule has 9 heteroatoms. The third-order valence-electron chi connectivity index (χ3n) is 5.24. The van der Waals surface area contributed by atoms with E-state index in [1.807, 2.05) is 0 Å². The van der Waals surface area contributed by atoms with Crippen molar-refractivity contribution in [2.24, 2.45) is 0 Å². The number of nitro benzene ring substituents is 1. The molecule has 0 saturated carbocycles. The predicted octanol–water partition coefficient (Wildman–Crippen LogP) is 3.31. The molecule has 2 amide bonds. The van der Waals surface area contributed by atoms with Gasteiger partial charge in [0.15, 0.2) is 0 Å². The highest BCUT2D eigenvalue weighted by atomic mass is 32.1. The molecule has 1 aromatic heterocycles. The number of amides is 2. The second-order valence-electron chi connectivity index (χ2n) is 7.13. The minimum atomic E-state index is -0.592. The maximum absolute atomic E-state index is 12.9. The lowest BCUT2D eigenvalue weighted by molar-refractivity contribution is -0.385. The van der Waals surface area contributed by atoms with Crippen molar-refractivity contribution < 1.29 is 19.2 Å². The van der Waals surface area contributed by atoms with Crippen molar-refractivity contribution in [3.63, 3.8) is 0 Å². The maximum atomic E-state index is 12.9. The molecule has 1 saturated heterocycles. The van der Waals surface area contributed by atoms with Crippen LogP contribution in [-0.4, -0.2) is 36.0 Å². The lowest BCUT2D eigenvalue weighted by atomic mass is 10.1. The average Bonchev–Trinajstić information content (AvgIpc) is 3.43. The summed E-state index contributed by atoms with van der Waals surface area (Å²) in [4.78, 5) is 37.4. The van der Waals surface area contributed by atoms with Crippen LogP contribution < -0.4 is 10.6 Å². The van der Waals surface area contributed by atoms with Crippen molar-refractivity contribution in [3.05, 3.63) is 55.9 Å². The first-order chi connectivity index (χ1) is 14.0. The Bertz CT molecular complexity index is 965. The number of hydrogen-bond donors (Lipinski definition) is 2. The van der Waals surface area contributed by atoms with Gasteiger partial charge in [0.1, 0.15) is 10.6 Å². The van der Waals surface area contributed by atoms with E-state index in [9.17, 15) is 19.7 Å². The Kier molecular flexibility index (Phi) is 5.59. The summed E-state index contributed by atoms with van der Waals surface area (Å²) in [5, 5.41) is 17.3. The van der Waals surface area contributed by atoms with Crippen molar-refractivity contribution >= 4 is 33.8 Å². The van der Waals surface area contributed by atoms with Gasteiger partial charge in [0.25, 0.3) is 17.5 Å². The first kappa shape index (κ1) is 19.5. The third kappa shape index (κ3) is 4.01. The topological polar surface area (TPSA) is 111 Å². The highest BCUT2D eigenvalue weighted by molar-refractivity contribution is 7.17. The summed E-state index contributed by atoms with van der Waals surface area (Å²) < 4.78 is 5.56. The first-order valence-corrected chi connectivity index (χ1v) is 10.5. The number of benzene rings is 1. The standard InChI is InChI=1S/C20H21N3O5S/c24-18(13-6-1-2-8-15(13)23(26)27)22-20-17(14-7-3-9-16(14)29-20)19(25)21-11-12-5-4-10-28-12/h1-2,6,8,12H,3-5,7,9-11H2,(H,21,25)(H,22,24). The zero-order valence-electron chi connectivity index (χ0n) is 15.7. The van der Waals surface area contributed by atoms with Crippen molar-refractivity contribution in [1.29, 1.82) is 0 Å². The van der Waals surface area contributed by atoms with Gasteiger partial charge < -0.3 is 15.4 Å². The normalized spacial score (nSPS) is 17.7. The SMILES string of the molecule is O=C(Nc1sc2c(c1C(=O)NCC1CCCO1)CCC2)c1ccccc1[N+](=O)[O-]. The van der Waals surface area contributed by atoms with E-state index < -0.39 is 10.8 Å². The molecule has 1 aromatic carbocycles. The third-order valence-corrected chi connectivity index (χ3v) is 6.44. The van der Waals surface area contributed by atoms with Gasteiger partial charge in [-0.3, -0.25) is 19.7 Å². The number of nitrogens with zero attached hydrogens (tertiary/aromatic N) is 1. The summed E-state index contributed by atoms with van der Waals surface area (Å²) in [6.07, 6.45) is 4.57. The molecule has 152 valence electrons. The molecular weight excluding hydrogens is 394 g/mol. The molecule has 1 aliphatic carbocycles. The van der Waals surface area contributed by atoms with Crippen molar-refractivity contribution in [2.75, 3.05) is 18.5 Å². The highest BCUT2D eigenvalue weighted by Crippen LogP contribution is 2.39. The number of ether oxygens (including phenoxy) is 1. The minimum absolute atomic E-state index is 0.0237. The van der Waals surface area contributed by atoms with E-state index in [0.717, 1.165) is 42.5 Å². The van der Waals surface area contributed by atoms with Gasteiger partial charge in [0, 0.05) is 24.1 Å². The van der Waals surface area contributed by atoms with Crippen LogP contribution in [0, 0.1) is 10.1 Å². The van der Waals surface area contributed by atoms with Crippen LogP contribution in [0.15, 0.2) is 24.3 Å². The molecule has 1 fully saturated rings. The first-order valence-electron chi connectivity index (χ1n) is 9.63. The Hall–Kier alpha value is -2.78. The number of fused-ring (bicyclic) bond motifs is 1. The quantitative estimate of drug-likeness (QED) is 0.555. The fourth-order valence-corrected chi connectivity index (χ4v) is 5.11. The number of anilines is 1. The van der Waals surface area contributed by atoms with Crippen LogP contribution in [0.2, 0.25) is 0 Å². The highest BCUT2D eigenvalue weighted by Gasteiger charge is 2.29. The largest absolute Gasteiger partial charge is 0.376 e. The number of aryl methyl sites for hydroxylation is 1. The molecule has 8 nitrogen and oxygen atoms in total.